The molecule has 0 N–H and O–H groups in total. The van der Waals surface area contributed by atoms with Gasteiger partial charge in [0.25, 0.3) is 0 Å². The molecule has 0 saturated carbocycles. The van der Waals surface area contributed by atoms with Crippen molar-refractivity contribution in [1.29, 1.82) is 5.26 Å². The van der Waals surface area contributed by atoms with E-state index in [1.54, 1.807) is 6.08 Å². The number of cyclic esters (lactones) is 1. The zero-order chi connectivity index (χ0) is 26.2. The van der Waals surface area contributed by atoms with Gasteiger partial charge < -0.3 is 9.47 Å². The van der Waals surface area contributed by atoms with Crippen LogP contribution in [0.15, 0.2) is 95.2 Å². The van der Waals surface area contributed by atoms with Gasteiger partial charge in [0.05, 0.1) is 5.34 Å². The Morgan fingerprint density at radius 1 is 0.886 bits per heavy atom. The Hall–Kier alpha value is -3.00. The minimum absolute atomic E-state index is 0.0224. The van der Waals surface area contributed by atoms with Crippen molar-refractivity contribution < 1.29 is 14.3 Å². The van der Waals surface area contributed by atoms with Crippen molar-refractivity contribution in [3.05, 3.63) is 101 Å². The maximum Gasteiger partial charge on any atom is 0.355 e. The summed E-state index contributed by atoms with van der Waals surface area (Å²) in [7, 11) is 0. The van der Waals surface area contributed by atoms with E-state index in [0.717, 1.165) is 22.7 Å². The average molecular weight is 512 g/mol. The van der Waals surface area contributed by atoms with Crippen molar-refractivity contribution in [3.8, 4) is 6.07 Å². The normalized spacial score (nSPS) is 17.3. The summed E-state index contributed by atoms with van der Waals surface area (Å²) in [4.78, 5) is 12.1. The van der Waals surface area contributed by atoms with E-state index in [2.05, 4.69) is 41.5 Å². The molecule has 184 valence electrons. The van der Waals surface area contributed by atoms with Crippen LogP contribution in [0.25, 0.3) is 5.57 Å². The number of carbonyl (C=O) groups is 1. The lowest BCUT2D eigenvalue weighted by Crippen LogP contribution is -2.21. The summed E-state index contributed by atoms with van der Waals surface area (Å²) in [6.45, 7) is 12.8. The third kappa shape index (κ3) is 7.75. The van der Waals surface area contributed by atoms with Gasteiger partial charge in [-0.15, -0.1) is 23.2 Å². The molecule has 0 amide bonds. The summed E-state index contributed by atoms with van der Waals surface area (Å²) in [5, 5.41) is 9.61. The van der Waals surface area contributed by atoms with Crippen LogP contribution in [-0.4, -0.2) is 11.3 Å². The van der Waals surface area contributed by atoms with Crippen molar-refractivity contribution in [3.63, 3.8) is 0 Å². The SMILES string of the molecule is CC(C)(C)C1=CC(=C/C=C/C=C2\OC(=O)C(C#N)=C2c2ccccc2)C=C(C(C)(C)C)O1.ClCCl. The van der Waals surface area contributed by atoms with Crippen LogP contribution in [0.4, 0.5) is 0 Å². The van der Waals surface area contributed by atoms with Gasteiger partial charge in [0, 0.05) is 16.4 Å². The minimum Gasteiger partial charge on any atom is -0.465 e. The first kappa shape index (κ1) is 28.2. The first-order valence-electron chi connectivity index (χ1n) is 11.2. The fourth-order valence-corrected chi connectivity index (χ4v) is 3.20. The number of nitriles is 1. The minimum atomic E-state index is -0.621. The molecule has 0 fully saturated rings. The van der Waals surface area contributed by atoms with Crippen molar-refractivity contribution in [2.45, 2.75) is 41.5 Å². The zero-order valence-electron chi connectivity index (χ0n) is 21.0. The molecule has 35 heavy (non-hydrogen) atoms. The number of ether oxygens (including phenoxy) is 2. The second-order valence-corrected chi connectivity index (χ2v) is 10.7. The second kappa shape index (κ2) is 12.1. The molecule has 0 saturated heterocycles. The van der Waals surface area contributed by atoms with Crippen LogP contribution in [0, 0.1) is 22.2 Å². The van der Waals surface area contributed by atoms with Gasteiger partial charge in [-0.05, 0) is 29.4 Å². The summed E-state index contributed by atoms with van der Waals surface area (Å²) in [5.41, 5.74) is 2.11. The number of rotatable bonds is 3. The van der Waals surface area contributed by atoms with Crippen molar-refractivity contribution in [2.75, 3.05) is 5.34 Å². The number of halogens is 2. The van der Waals surface area contributed by atoms with Crippen molar-refractivity contribution in [1.82, 2.24) is 0 Å². The number of carbonyl (C=O) groups excluding carboxylic acids is 1. The fraction of sp³-hybridized carbons (Fsp3) is 0.310. The third-order valence-electron chi connectivity index (χ3n) is 5.02. The molecule has 0 aliphatic carbocycles. The number of esters is 1. The van der Waals surface area contributed by atoms with E-state index >= 15 is 0 Å². The lowest BCUT2D eigenvalue weighted by atomic mass is 9.87. The predicted octanol–water partition coefficient (Wildman–Crippen LogP) is 8.20. The standard InChI is InChI=1S/C28H29NO3.CH2Cl2/c1-27(2,3)23-16-19(17-24(32-23)28(4,5)6)12-10-11-15-22-25(20-13-8-7-9-14-20)21(18-29)26(30)31-22;2-1-3/h7-17H,1-6H3;1H2/b11-10+,22-15-;. The van der Waals surface area contributed by atoms with E-state index in [0.29, 0.717) is 11.3 Å². The van der Waals surface area contributed by atoms with Crippen LogP contribution < -0.4 is 0 Å². The van der Waals surface area contributed by atoms with E-state index in [9.17, 15) is 10.1 Å². The highest BCUT2D eigenvalue weighted by atomic mass is 35.5. The molecule has 0 aromatic heterocycles. The summed E-state index contributed by atoms with van der Waals surface area (Å²) in [5.74, 6) is 1.58. The maximum absolute atomic E-state index is 12.1. The number of alkyl halides is 2. The van der Waals surface area contributed by atoms with Gasteiger partial charge in [-0.3, -0.25) is 0 Å². The molecule has 0 spiro atoms. The number of allylic oxidation sites excluding steroid dienone is 10. The highest BCUT2D eigenvalue weighted by Gasteiger charge is 2.31. The molecule has 4 nitrogen and oxygen atoms in total. The van der Waals surface area contributed by atoms with E-state index in [1.165, 1.54) is 0 Å². The molecule has 2 aliphatic rings. The Bertz CT molecular complexity index is 1130. The van der Waals surface area contributed by atoms with Gasteiger partial charge in [-0.1, -0.05) is 90.1 Å². The first-order valence-corrected chi connectivity index (χ1v) is 12.2. The molecule has 2 heterocycles. The summed E-state index contributed by atoms with van der Waals surface area (Å²) >= 11 is 9.53. The number of hydrogen-bond acceptors (Lipinski definition) is 4. The zero-order valence-corrected chi connectivity index (χ0v) is 22.5. The molecule has 0 atom stereocenters. The quantitative estimate of drug-likeness (QED) is 0.303. The Morgan fingerprint density at radius 2 is 1.40 bits per heavy atom. The summed E-state index contributed by atoms with van der Waals surface area (Å²) < 4.78 is 11.5. The Balaban J connectivity index is 0.00000137. The maximum atomic E-state index is 12.1. The van der Waals surface area contributed by atoms with Gasteiger partial charge in [0.15, 0.2) is 0 Å². The van der Waals surface area contributed by atoms with Gasteiger partial charge in [-0.25, -0.2) is 4.79 Å². The van der Waals surface area contributed by atoms with E-state index < -0.39 is 5.97 Å². The Morgan fingerprint density at radius 3 is 1.89 bits per heavy atom. The van der Waals surface area contributed by atoms with Crippen LogP contribution in [0.5, 0.6) is 0 Å². The first-order chi connectivity index (χ1) is 16.4. The van der Waals surface area contributed by atoms with Crippen LogP contribution in [-0.2, 0) is 14.3 Å². The van der Waals surface area contributed by atoms with Crippen LogP contribution in [0.1, 0.15) is 47.1 Å². The van der Waals surface area contributed by atoms with E-state index in [4.69, 9.17) is 32.7 Å². The average Bonchev–Trinajstić information content (AvgIpc) is 3.11. The Labute approximate surface area is 218 Å². The van der Waals surface area contributed by atoms with E-state index in [-0.39, 0.29) is 21.7 Å². The molecule has 6 heteroatoms. The number of nitrogens with zero attached hydrogens (tertiary/aromatic N) is 1. The summed E-state index contributed by atoms with van der Waals surface area (Å²) in [6, 6.07) is 11.3. The van der Waals surface area contributed by atoms with Crippen molar-refractivity contribution in [2.24, 2.45) is 10.8 Å². The van der Waals surface area contributed by atoms with Gasteiger partial charge in [-0.2, -0.15) is 5.26 Å². The molecule has 1 aromatic rings. The lowest BCUT2D eigenvalue weighted by molar-refractivity contribution is -0.132. The number of benzene rings is 1. The summed E-state index contributed by atoms with van der Waals surface area (Å²) in [6.07, 6.45) is 11.5. The molecule has 3 rings (SSSR count). The van der Waals surface area contributed by atoms with E-state index in [1.807, 2.05) is 66.8 Å². The molecular formula is C29H31Cl2NO3. The third-order valence-corrected chi connectivity index (χ3v) is 5.02. The fourth-order valence-electron chi connectivity index (χ4n) is 3.20. The monoisotopic (exact) mass is 511 g/mol. The molecule has 0 bridgehead atoms. The van der Waals surface area contributed by atoms with Crippen LogP contribution in [0.2, 0.25) is 0 Å². The molecule has 2 aliphatic heterocycles. The molecular weight excluding hydrogens is 481 g/mol. The van der Waals surface area contributed by atoms with Crippen LogP contribution >= 0.6 is 23.2 Å². The molecule has 1 aromatic carbocycles. The molecule has 0 radical (unpaired) electrons. The lowest BCUT2D eigenvalue weighted by Gasteiger charge is -2.32. The van der Waals surface area contributed by atoms with Gasteiger partial charge in [0.1, 0.15) is 28.9 Å². The topological polar surface area (TPSA) is 59.3 Å². The second-order valence-electron chi connectivity index (χ2n) is 9.92. The highest BCUT2D eigenvalue weighted by molar-refractivity contribution is 6.40. The predicted molar refractivity (Wildman–Crippen MR) is 143 cm³/mol. The smallest absolute Gasteiger partial charge is 0.355 e. The van der Waals surface area contributed by atoms with Gasteiger partial charge in [0.2, 0.25) is 0 Å². The van der Waals surface area contributed by atoms with Crippen molar-refractivity contribution >= 4 is 34.7 Å². The molecule has 0 unspecified atom stereocenters. The van der Waals surface area contributed by atoms with Crippen LogP contribution in [0.3, 0.4) is 0 Å². The van der Waals surface area contributed by atoms with Gasteiger partial charge >= 0.3 is 5.97 Å². The highest BCUT2D eigenvalue weighted by Crippen LogP contribution is 2.39. The number of hydrogen-bond donors (Lipinski definition) is 0. The largest absolute Gasteiger partial charge is 0.465 e. The Kier molecular flexibility index (Phi) is 9.77.